The number of carbonyl (C=O) groups excluding carboxylic acids is 1. The van der Waals surface area contributed by atoms with Crippen LogP contribution in [0.3, 0.4) is 0 Å². The average molecular weight is 459 g/mol. The number of anilines is 1. The number of aliphatic hydroxyl groups excluding tert-OH is 2. The van der Waals surface area contributed by atoms with Crippen molar-refractivity contribution >= 4 is 22.9 Å². The molecule has 1 aliphatic carbocycles. The van der Waals surface area contributed by atoms with Gasteiger partial charge < -0.3 is 31.1 Å². The Labute approximate surface area is 191 Å². The number of nitrogen functional groups attached to an aromatic ring is 1. The molecule has 1 saturated carbocycles. The van der Waals surface area contributed by atoms with Crippen LogP contribution in [0.25, 0.3) is 11.2 Å². The summed E-state index contributed by atoms with van der Waals surface area (Å²) < 4.78 is 7.05. The Balaban J connectivity index is 1.66. The Morgan fingerprint density at radius 1 is 1.33 bits per heavy atom. The van der Waals surface area contributed by atoms with Crippen molar-refractivity contribution in [3.8, 4) is 11.8 Å². The molecule has 2 fully saturated rings. The Kier molecular flexibility index (Phi) is 6.05. The normalized spacial score (nSPS) is 31.2. The summed E-state index contributed by atoms with van der Waals surface area (Å²) in [5.74, 6) is 5.39. The van der Waals surface area contributed by atoms with Crippen LogP contribution < -0.4 is 11.1 Å². The van der Waals surface area contributed by atoms with Crippen molar-refractivity contribution < 1.29 is 24.9 Å². The van der Waals surface area contributed by atoms with Crippen molar-refractivity contribution in [3.05, 3.63) is 12.2 Å². The van der Waals surface area contributed by atoms with Crippen LogP contribution in [0.15, 0.2) is 6.33 Å². The van der Waals surface area contributed by atoms with E-state index in [-0.39, 0.29) is 28.2 Å². The third-order valence-electron chi connectivity index (χ3n) is 6.19. The van der Waals surface area contributed by atoms with Crippen LogP contribution in [-0.4, -0.2) is 71.2 Å². The topological polar surface area (TPSA) is 169 Å². The molecule has 5 atom stereocenters. The summed E-state index contributed by atoms with van der Waals surface area (Å²) in [6.07, 6.45) is -0.820. The second-order valence-corrected chi connectivity index (χ2v) is 9.56. The summed E-state index contributed by atoms with van der Waals surface area (Å²) in [5, 5.41) is 34.4. The highest BCUT2D eigenvalue weighted by Gasteiger charge is 2.47. The van der Waals surface area contributed by atoms with Crippen LogP contribution in [-0.2, 0) is 9.53 Å². The fraction of sp³-hybridized carbons (Fsp3) is 0.636. The van der Waals surface area contributed by atoms with Crippen molar-refractivity contribution in [2.45, 2.75) is 76.6 Å². The molecule has 0 spiro atoms. The van der Waals surface area contributed by atoms with E-state index in [9.17, 15) is 20.1 Å². The summed E-state index contributed by atoms with van der Waals surface area (Å²) in [6, 6.07) is 0. The van der Waals surface area contributed by atoms with E-state index in [1.54, 1.807) is 6.92 Å². The molecule has 178 valence electrons. The van der Waals surface area contributed by atoms with Gasteiger partial charge in [-0.25, -0.2) is 15.0 Å². The minimum atomic E-state index is -1.43. The first-order valence-electron chi connectivity index (χ1n) is 11.1. The molecule has 4 rings (SSSR count). The SMILES string of the molecule is CCNC(=O)[C@H]1O[C@@H](n2cnc3c(N)nc(C#C[C@]4(O)CCCC(C)(C)C4)nc32)C(O)C1O. The molecular weight excluding hydrogens is 428 g/mol. The van der Waals surface area contributed by atoms with Crippen molar-refractivity contribution in [1.82, 2.24) is 24.8 Å². The van der Waals surface area contributed by atoms with Gasteiger partial charge in [0.05, 0.1) is 6.33 Å². The zero-order valence-electron chi connectivity index (χ0n) is 18.9. The number of hydrogen-bond donors (Lipinski definition) is 5. The summed E-state index contributed by atoms with van der Waals surface area (Å²) in [5.41, 5.74) is 5.41. The minimum Gasteiger partial charge on any atom is -0.387 e. The number of aromatic nitrogens is 4. The Morgan fingerprint density at radius 3 is 2.79 bits per heavy atom. The van der Waals surface area contributed by atoms with E-state index in [0.717, 1.165) is 12.8 Å². The zero-order chi connectivity index (χ0) is 24.0. The number of ether oxygens (including phenoxy) is 1. The first-order chi connectivity index (χ1) is 15.5. The minimum absolute atomic E-state index is 0.0124. The van der Waals surface area contributed by atoms with E-state index in [4.69, 9.17) is 10.5 Å². The average Bonchev–Trinajstić information content (AvgIpc) is 3.27. The van der Waals surface area contributed by atoms with E-state index in [2.05, 4.69) is 46.0 Å². The fourth-order valence-electron chi connectivity index (χ4n) is 4.67. The molecular formula is C22H30N6O5. The number of imidazole rings is 1. The molecule has 1 amide bonds. The van der Waals surface area contributed by atoms with E-state index in [0.29, 0.717) is 19.4 Å². The van der Waals surface area contributed by atoms with E-state index in [1.807, 2.05) is 0 Å². The molecule has 2 aromatic rings. The molecule has 11 heteroatoms. The van der Waals surface area contributed by atoms with Gasteiger partial charge >= 0.3 is 0 Å². The second-order valence-electron chi connectivity index (χ2n) is 9.56. The van der Waals surface area contributed by atoms with Gasteiger partial charge in [-0.15, -0.1) is 0 Å². The number of likely N-dealkylation sites (N-methyl/N-ethyl adjacent to an activating group) is 1. The van der Waals surface area contributed by atoms with Gasteiger partial charge in [0.2, 0.25) is 5.82 Å². The summed E-state index contributed by atoms with van der Waals surface area (Å²) >= 11 is 0. The molecule has 0 bridgehead atoms. The van der Waals surface area contributed by atoms with Crippen LogP contribution in [0.4, 0.5) is 5.82 Å². The van der Waals surface area contributed by atoms with Gasteiger partial charge in [-0.3, -0.25) is 9.36 Å². The van der Waals surface area contributed by atoms with Crippen molar-refractivity contribution in [3.63, 3.8) is 0 Å². The van der Waals surface area contributed by atoms with Gasteiger partial charge in [-0.2, -0.15) is 0 Å². The molecule has 3 heterocycles. The second kappa shape index (κ2) is 8.53. The molecule has 33 heavy (non-hydrogen) atoms. The Hall–Kier alpha value is -2.78. The van der Waals surface area contributed by atoms with Gasteiger partial charge in [0.15, 0.2) is 23.8 Å². The Morgan fingerprint density at radius 2 is 2.09 bits per heavy atom. The third kappa shape index (κ3) is 4.52. The lowest BCUT2D eigenvalue weighted by atomic mass is 9.70. The van der Waals surface area contributed by atoms with Crippen LogP contribution in [0.1, 0.15) is 58.5 Å². The molecule has 0 radical (unpaired) electrons. The maximum absolute atomic E-state index is 12.2. The first-order valence-corrected chi connectivity index (χ1v) is 11.1. The quantitative estimate of drug-likeness (QED) is 0.393. The van der Waals surface area contributed by atoms with Crippen molar-refractivity contribution in [2.75, 3.05) is 12.3 Å². The molecule has 2 aliphatic rings. The highest BCUT2D eigenvalue weighted by Crippen LogP contribution is 2.40. The van der Waals surface area contributed by atoms with Crippen LogP contribution in [0.5, 0.6) is 0 Å². The molecule has 1 saturated heterocycles. The number of amides is 1. The molecule has 11 nitrogen and oxygen atoms in total. The van der Waals surface area contributed by atoms with Gasteiger partial charge in [-0.1, -0.05) is 19.8 Å². The highest BCUT2D eigenvalue weighted by atomic mass is 16.6. The predicted molar refractivity (Wildman–Crippen MR) is 118 cm³/mol. The van der Waals surface area contributed by atoms with E-state index < -0.39 is 36.0 Å². The number of nitrogens with zero attached hydrogens (tertiary/aromatic N) is 4. The summed E-state index contributed by atoms with van der Waals surface area (Å²) in [7, 11) is 0. The maximum atomic E-state index is 12.2. The van der Waals surface area contributed by atoms with E-state index >= 15 is 0 Å². The number of hydrogen-bond acceptors (Lipinski definition) is 9. The standard InChI is InChI=1S/C22H30N6O5/c1-4-24-19(31)16-14(29)15(30)20(33-16)28-11-25-13-17(23)26-12(27-18(13)28)6-9-22(32)8-5-7-21(2,3)10-22/h11,14-16,20,29-30,32H,4-5,7-8,10H2,1-3H3,(H,24,31)(H2,23,26,27)/t14?,15?,16-,20+,22+/m0/s1. The van der Waals surface area contributed by atoms with Gasteiger partial charge in [0, 0.05) is 6.54 Å². The molecule has 6 N–H and O–H groups in total. The number of nitrogens with two attached hydrogens (primary N) is 1. The van der Waals surface area contributed by atoms with Crippen molar-refractivity contribution in [1.29, 1.82) is 0 Å². The molecule has 2 aromatic heterocycles. The highest BCUT2D eigenvalue weighted by molar-refractivity contribution is 5.83. The van der Waals surface area contributed by atoms with Gasteiger partial charge in [0.25, 0.3) is 5.91 Å². The van der Waals surface area contributed by atoms with Crippen LogP contribution in [0, 0.1) is 17.3 Å². The lowest BCUT2D eigenvalue weighted by molar-refractivity contribution is -0.137. The predicted octanol–water partition coefficient (Wildman–Crippen LogP) is -0.153. The number of nitrogens with one attached hydrogen (secondary N) is 1. The lowest BCUT2D eigenvalue weighted by Gasteiger charge is -2.38. The van der Waals surface area contributed by atoms with Crippen LogP contribution in [0.2, 0.25) is 0 Å². The smallest absolute Gasteiger partial charge is 0.252 e. The third-order valence-corrected chi connectivity index (χ3v) is 6.19. The summed E-state index contributed by atoms with van der Waals surface area (Å²) in [4.78, 5) is 25.0. The maximum Gasteiger partial charge on any atom is 0.252 e. The monoisotopic (exact) mass is 458 g/mol. The van der Waals surface area contributed by atoms with Gasteiger partial charge in [0.1, 0.15) is 23.3 Å². The molecule has 1 aliphatic heterocycles. The molecule has 2 unspecified atom stereocenters. The largest absolute Gasteiger partial charge is 0.387 e. The van der Waals surface area contributed by atoms with Crippen molar-refractivity contribution in [2.24, 2.45) is 5.41 Å². The first kappa shape index (κ1) is 23.4. The fourth-order valence-corrected chi connectivity index (χ4v) is 4.67. The number of carbonyl (C=O) groups is 1. The number of aliphatic hydroxyl groups is 3. The summed E-state index contributed by atoms with van der Waals surface area (Å²) in [6.45, 7) is 6.31. The lowest BCUT2D eigenvalue weighted by Crippen LogP contribution is -2.42. The van der Waals surface area contributed by atoms with E-state index in [1.165, 1.54) is 10.9 Å². The zero-order valence-corrected chi connectivity index (χ0v) is 18.9. The Bertz CT molecular complexity index is 1120. The number of fused-ring (bicyclic) bond motifs is 1. The molecule has 0 aromatic carbocycles. The van der Waals surface area contributed by atoms with Crippen LogP contribution >= 0.6 is 0 Å². The van der Waals surface area contributed by atoms with Gasteiger partial charge in [-0.05, 0) is 43.9 Å². The number of rotatable bonds is 3.